The van der Waals surface area contributed by atoms with E-state index < -0.39 is 11.9 Å². The van der Waals surface area contributed by atoms with E-state index in [0.717, 1.165) is 9.21 Å². The van der Waals surface area contributed by atoms with Crippen LogP contribution in [0.4, 0.5) is 0 Å². The monoisotopic (exact) mass is 354 g/mol. The fourth-order valence-corrected chi connectivity index (χ4v) is 3.88. The first-order valence-electron chi connectivity index (χ1n) is 6.52. The van der Waals surface area contributed by atoms with Crippen molar-refractivity contribution < 1.29 is 9.59 Å². The van der Waals surface area contributed by atoms with Crippen LogP contribution < -0.4 is 11.1 Å². The molecular formula is C15H15ClN2O2S2. The van der Waals surface area contributed by atoms with E-state index in [2.05, 4.69) is 5.32 Å². The lowest BCUT2D eigenvalue weighted by atomic mass is 10.1. The van der Waals surface area contributed by atoms with Crippen molar-refractivity contribution in [1.29, 1.82) is 0 Å². The van der Waals surface area contributed by atoms with Crippen LogP contribution >= 0.6 is 34.7 Å². The van der Waals surface area contributed by atoms with Gasteiger partial charge < -0.3 is 11.1 Å². The third-order valence-corrected chi connectivity index (χ3v) is 5.22. The molecule has 0 bridgehead atoms. The van der Waals surface area contributed by atoms with Crippen LogP contribution in [0.5, 0.6) is 0 Å². The summed E-state index contributed by atoms with van der Waals surface area (Å²) >= 11 is 8.81. The molecule has 2 aromatic rings. The van der Waals surface area contributed by atoms with Gasteiger partial charge in [0, 0.05) is 10.6 Å². The van der Waals surface area contributed by atoms with E-state index >= 15 is 0 Å². The lowest BCUT2D eigenvalue weighted by molar-refractivity contribution is -0.126. The Labute approximate surface area is 142 Å². The van der Waals surface area contributed by atoms with E-state index in [1.165, 1.54) is 23.1 Å². The third kappa shape index (κ3) is 5.05. The SMILES string of the molecule is NC(=O)[C@@H](NC(=O)CSCc1ccc(Cl)s1)c1ccccc1. The van der Waals surface area contributed by atoms with E-state index in [-0.39, 0.29) is 11.7 Å². The molecule has 1 atom stereocenters. The Morgan fingerprint density at radius 3 is 2.55 bits per heavy atom. The van der Waals surface area contributed by atoms with Gasteiger partial charge in [0.1, 0.15) is 6.04 Å². The molecule has 3 N–H and O–H groups in total. The molecule has 116 valence electrons. The molecule has 1 heterocycles. The summed E-state index contributed by atoms with van der Waals surface area (Å²) in [6.45, 7) is 0. The van der Waals surface area contributed by atoms with Gasteiger partial charge in [-0.05, 0) is 17.7 Å². The molecule has 4 nitrogen and oxygen atoms in total. The molecule has 2 amide bonds. The van der Waals surface area contributed by atoms with Gasteiger partial charge in [0.2, 0.25) is 11.8 Å². The number of primary amides is 1. The fourth-order valence-electron chi connectivity index (χ4n) is 1.84. The summed E-state index contributed by atoms with van der Waals surface area (Å²) in [5.41, 5.74) is 6.05. The van der Waals surface area contributed by atoms with E-state index in [1.807, 2.05) is 18.2 Å². The predicted molar refractivity (Wildman–Crippen MR) is 92.0 cm³/mol. The number of halogens is 1. The molecule has 0 aliphatic carbocycles. The zero-order chi connectivity index (χ0) is 15.9. The maximum Gasteiger partial charge on any atom is 0.244 e. The topological polar surface area (TPSA) is 72.2 Å². The van der Waals surface area contributed by atoms with E-state index in [9.17, 15) is 9.59 Å². The number of hydrogen-bond donors (Lipinski definition) is 2. The van der Waals surface area contributed by atoms with Crippen molar-refractivity contribution in [2.75, 3.05) is 5.75 Å². The Balaban J connectivity index is 1.85. The Morgan fingerprint density at radius 2 is 1.95 bits per heavy atom. The smallest absolute Gasteiger partial charge is 0.244 e. The van der Waals surface area contributed by atoms with Crippen molar-refractivity contribution in [2.24, 2.45) is 5.73 Å². The highest BCUT2D eigenvalue weighted by Gasteiger charge is 2.19. The van der Waals surface area contributed by atoms with Gasteiger partial charge in [-0.15, -0.1) is 23.1 Å². The highest BCUT2D eigenvalue weighted by Crippen LogP contribution is 2.25. The molecule has 1 aromatic carbocycles. The van der Waals surface area contributed by atoms with Gasteiger partial charge in [-0.2, -0.15) is 0 Å². The molecule has 0 radical (unpaired) electrons. The molecule has 0 saturated heterocycles. The summed E-state index contributed by atoms with van der Waals surface area (Å²) < 4.78 is 0.734. The summed E-state index contributed by atoms with van der Waals surface area (Å²) in [5.74, 6) is 0.165. The van der Waals surface area contributed by atoms with Gasteiger partial charge in [0.25, 0.3) is 0 Å². The maximum absolute atomic E-state index is 12.0. The Hall–Kier alpha value is -1.50. The minimum absolute atomic E-state index is 0.222. The number of nitrogens with one attached hydrogen (secondary N) is 1. The summed E-state index contributed by atoms with van der Waals surface area (Å²) in [4.78, 5) is 24.6. The average Bonchev–Trinajstić information content (AvgIpc) is 2.91. The van der Waals surface area contributed by atoms with E-state index in [1.54, 1.807) is 24.3 Å². The molecule has 0 aliphatic heterocycles. The van der Waals surface area contributed by atoms with Gasteiger partial charge >= 0.3 is 0 Å². The second-order valence-corrected chi connectivity index (χ2v) is 7.30. The number of thiophene rings is 1. The quantitative estimate of drug-likeness (QED) is 0.802. The van der Waals surface area contributed by atoms with Gasteiger partial charge in [0.05, 0.1) is 10.1 Å². The number of benzene rings is 1. The average molecular weight is 355 g/mol. The first-order chi connectivity index (χ1) is 10.6. The minimum atomic E-state index is -0.800. The lowest BCUT2D eigenvalue weighted by Gasteiger charge is -2.15. The number of carbonyl (C=O) groups excluding carboxylic acids is 2. The van der Waals surface area contributed by atoms with Crippen molar-refractivity contribution in [2.45, 2.75) is 11.8 Å². The summed E-state index contributed by atoms with van der Waals surface area (Å²) in [5, 5.41) is 2.67. The highest BCUT2D eigenvalue weighted by molar-refractivity contribution is 7.99. The van der Waals surface area contributed by atoms with Crippen LogP contribution in [0.3, 0.4) is 0 Å². The van der Waals surface area contributed by atoms with Crippen LogP contribution in [0.15, 0.2) is 42.5 Å². The number of hydrogen-bond acceptors (Lipinski definition) is 4. The largest absolute Gasteiger partial charge is 0.368 e. The Bertz CT molecular complexity index is 646. The number of carbonyl (C=O) groups is 2. The zero-order valence-corrected chi connectivity index (χ0v) is 14.0. The van der Waals surface area contributed by atoms with Crippen LogP contribution in [0, 0.1) is 0 Å². The van der Waals surface area contributed by atoms with E-state index in [0.29, 0.717) is 11.3 Å². The minimum Gasteiger partial charge on any atom is -0.368 e. The summed E-state index contributed by atoms with van der Waals surface area (Å²) in [6.07, 6.45) is 0. The van der Waals surface area contributed by atoms with Crippen LogP contribution in [-0.2, 0) is 15.3 Å². The van der Waals surface area contributed by atoms with Crippen molar-refractivity contribution in [3.8, 4) is 0 Å². The molecular weight excluding hydrogens is 340 g/mol. The van der Waals surface area contributed by atoms with Crippen LogP contribution in [0.25, 0.3) is 0 Å². The van der Waals surface area contributed by atoms with Gasteiger partial charge in [-0.1, -0.05) is 41.9 Å². The molecule has 22 heavy (non-hydrogen) atoms. The third-order valence-electron chi connectivity index (χ3n) is 2.83. The molecule has 0 fully saturated rings. The first-order valence-corrected chi connectivity index (χ1v) is 8.87. The molecule has 1 aromatic heterocycles. The Kier molecular flexibility index (Phi) is 6.30. The van der Waals surface area contributed by atoms with Crippen molar-refractivity contribution >= 4 is 46.5 Å². The van der Waals surface area contributed by atoms with Gasteiger partial charge in [-0.3, -0.25) is 9.59 Å². The molecule has 2 rings (SSSR count). The summed E-state index contributed by atoms with van der Waals surface area (Å²) in [6, 6.07) is 11.9. The molecule has 7 heteroatoms. The second kappa shape index (κ2) is 8.22. The number of rotatable bonds is 7. The van der Waals surface area contributed by atoms with Gasteiger partial charge in [0.15, 0.2) is 0 Å². The van der Waals surface area contributed by atoms with E-state index in [4.69, 9.17) is 17.3 Å². The molecule has 0 spiro atoms. The number of amides is 2. The lowest BCUT2D eigenvalue weighted by Crippen LogP contribution is -2.38. The summed E-state index contributed by atoms with van der Waals surface area (Å²) in [7, 11) is 0. The van der Waals surface area contributed by atoms with Crippen molar-refractivity contribution in [3.63, 3.8) is 0 Å². The van der Waals surface area contributed by atoms with Crippen molar-refractivity contribution in [3.05, 3.63) is 57.2 Å². The zero-order valence-electron chi connectivity index (χ0n) is 11.6. The molecule has 0 aliphatic rings. The first kappa shape index (κ1) is 16.9. The Morgan fingerprint density at radius 1 is 1.23 bits per heavy atom. The van der Waals surface area contributed by atoms with Crippen LogP contribution in [-0.4, -0.2) is 17.6 Å². The standard InChI is InChI=1S/C15H15ClN2O2S2/c16-12-7-6-11(22-12)8-21-9-13(19)18-14(15(17)20)10-4-2-1-3-5-10/h1-7,14H,8-9H2,(H2,17,20)(H,18,19)/t14-/m0/s1. The molecule has 0 saturated carbocycles. The second-order valence-electron chi connectivity index (χ2n) is 4.51. The van der Waals surface area contributed by atoms with Crippen LogP contribution in [0.1, 0.15) is 16.5 Å². The molecule has 0 unspecified atom stereocenters. The number of nitrogens with two attached hydrogens (primary N) is 1. The fraction of sp³-hybridized carbons (Fsp3) is 0.200. The predicted octanol–water partition coefficient (Wildman–Crippen LogP) is 2.98. The van der Waals surface area contributed by atoms with Crippen LogP contribution in [0.2, 0.25) is 4.34 Å². The van der Waals surface area contributed by atoms with Crippen molar-refractivity contribution in [1.82, 2.24) is 5.32 Å². The van der Waals surface area contributed by atoms with Gasteiger partial charge in [-0.25, -0.2) is 0 Å². The highest BCUT2D eigenvalue weighted by atomic mass is 35.5. The number of thioether (sulfide) groups is 1. The normalized spacial score (nSPS) is 11.9. The maximum atomic E-state index is 12.0.